The van der Waals surface area contributed by atoms with Gasteiger partial charge in [-0.3, -0.25) is 4.79 Å². The minimum Gasteiger partial charge on any atom is -0.352 e. The fourth-order valence-electron chi connectivity index (χ4n) is 2.03. The molecule has 0 saturated heterocycles. The molecule has 1 atom stereocenters. The number of nitrogens with one attached hydrogen (secondary N) is 1. The Labute approximate surface area is 124 Å². The van der Waals surface area contributed by atoms with Crippen molar-refractivity contribution < 1.29 is 4.79 Å². The zero-order valence-corrected chi connectivity index (χ0v) is 13.2. The Morgan fingerprint density at radius 1 is 1.42 bits per heavy atom. The van der Waals surface area contributed by atoms with Gasteiger partial charge in [-0.05, 0) is 36.5 Å². The Bertz CT molecular complexity index is 407. The zero-order chi connectivity index (χ0) is 14.3. The molecule has 1 aromatic rings. The third-order valence-corrected chi connectivity index (χ3v) is 3.43. The van der Waals surface area contributed by atoms with E-state index >= 15 is 0 Å². The molecular weight excluding hydrogens is 304 g/mol. The van der Waals surface area contributed by atoms with Crippen LogP contribution in [0.1, 0.15) is 32.3 Å². The molecule has 1 aromatic carbocycles. The number of hydrogen-bond donors (Lipinski definition) is 2. The Morgan fingerprint density at radius 2 is 2.16 bits per heavy atom. The summed E-state index contributed by atoms with van der Waals surface area (Å²) in [6, 6.07) is 8.14. The first kappa shape index (κ1) is 16.2. The van der Waals surface area contributed by atoms with Crippen LogP contribution in [0.25, 0.3) is 0 Å². The van der Waals surface area contributed by atoms with Crippen LogP contribution in [0.2, 0.25) is 0 Å². The van der Waals surface area contributed by atoms with Crippen molar-refractivity contribution in [2.45, 2.75) is 39.2 Å². The molecule has 4 heteroatoms. The van der Waals surface area contributed by atoms with E-state index in [1.807, 2.05) is 24.3 Å². The average molecular weight is 327 g/mol. The molecule has 0 radical (unpaired) electrons. The second-order valence-corrected chi connectivity index (χ2v) is 6.18. The summed E-state index contributed by atoms with van der Waals surface area (Å²) in [6.45, 7) is 4.77. The van der Waals surface area contributed by atoms with Crippen LogP contribution in [0.4, 0.5) is 0 Å². The lowest BCUT2D eigenvalue weighted by molar-refractivity contribution is -0.121. The summed E-state index contributed by atoms with van der Waals surface area (Å²) in [5.41, 5.74) is 6.84. The van der Waals surface area contributed by atoms with Gasteiger partial charge in [0.25, 0.3) is 0 Å². The summed E-state index contributed by atoms with van der Waals surface area (Å²) >= 11 is 3.43. The molecule has 0 aliphatic rings. The minimum atomic E-state index is 0.0797. The molecule has 1 rings (SSSR count). The number of aryl methyl sites for hydroxylation is 1. The number of benzene rings is 1. The topological polar surface area (TPSA) is 55.1 Å². The van der Waals surface area contributed by atoms with Crippen molar-refractivity contribution in [3.63, 3.8) is 0 Å². The monoisotopic (exact) mass is 326 g/mol. The maximum absolute atomic E-state index is 11.9. The molecule has 106 valence electrons. The van der Waals surface area contributed by atoms with E-state index in [1.54, 1.807) is 0 Å². The highest BCUT2D eigenvalue weighted by Crippen LogP contribution is 2.13. The van der Waals surface area contributed by atoms with E-state index in [9.17, 15) is 4.79 Å². The van der Waals surface area contributed by atoms with Gasteiger partial charge in [0.05, 0.1) is 0 Å². The van der Waals surface area contributed by atoms with Crippen molar-refractivity contribution in [3.05, 3.63) is 34.3 Å². The van der Waals surface area contributed by atoms with Crippen LogP contribution in [0.15, 0.2) is 28.7 Å². The van der Waals surface area contributed by atoms with Crippen molar-refractivity contribution in [1.82, 2.24) is 5.32 Å². The normalized spacial score (nSPS) is 12.5. The van der Waals surface area contributed by atoms with Gasteiger partial charge in [0, 0.05) is 23.5 Å². The van der Waals surface area contributed by atoms with E-state index in [0.717, 1.165) is 22.9 Å². The molecule has 0 aliphatic carbocycles. The van der Waals surface area contributed by atoms with Gasteiger partial charge in [0.1, 0.15) is 0 Å². The predicted octanol–water partition coefficient (Wildman–Crippen LogP) is 2.87. The summed E-state index contributed by atoms with van der Waals surface area (Å²) in [5, 5.41) is 3.01. The van der Waals surface area contributed by atoms with Crippen LogP contribution in [0.3, 0.4) is 0 Å². The van der Waals surface area contributed by atoms with Gasteiger partial charge in [0.2, 0.25) is 5.91 Å². The average Bonchev–Trinajstić information content (AvgIpc) is 2.35. The van der Waals surface area contributed by atoms with Gasteiger partial charge < -0.3 is 11.1 Å². The molecule has 0 aromatic heterocycles. The van der Waals surface area contributed by atoms with E-state index in [-0.39, 0.29) is 11.9 Å². The number of nitrogens with two attached hydrogens (primary N) is 1. The molecule has 0 bridgehead atoms. The van der Waals surface area contributed by atoms with Gasteiger partial charge >= 0.3 is 0 Å². The van der Waals surface area contributed by atoms with Crippen LogP contribution in [-0.2, 0) is 11.2 Å². The van der Waals surface area contributed by atoms with Gasteiger partial charge in [-0.25, -0.2) is 0 Å². The second kappa shape index (κ2) is 8.33. The molecule has 19 heavy (non-hydrogen) atoms. The maximum atomic E-state index is 11.9. The van der Waals surface area contributed by atoms with Crippen LogP contribution in [-0.4, -0.2) is 18.5 Å². The SMILES string of the molecule is CC(C)CC(CN)NC(=O)CCc1cccc(Br)c1. The van der Waals surface area contributed by atoms with Crippen molar-refractivity contribution in [3.8, 4) is 0 Å². The number of carbonyl (C=O) groups is 1. The van der Waals surface area contributed by atoms with E-state index < -0.39 is 0 Å². The lowest BCUT2D eigenvalue weighted by Gasteiger charge is -2.18. The zero-order valence-electron chi connectivity index (χ0n) is 11.7. The molecule has 0 aliphatic heterocycles. The van der Waals surface area contributed by atoms with Crippen molar-refractivity contribution in [2.75, 3.05) is 6.54 Å². The van der Waals surface area contributed by atoms with Crippen LogP contribution in [0.5, 0.6) is 0 Å². The molecule has 0 spiro atoms. The highest BCUT2D eigenvalue weighted by Gasteiger charge is 2.12. The molecule has 1 unspecified atom stereocenters. The van der Waals surface area contributed by atoms with Crippen LogP contribution < -0.4 is 11.1 Å². The summed E-state index contributed by atoms with van der Waals surface area (Å²) in [5.74, 6) is 0.620. The van der Waals surface area contributed by atoms with E-state index in [2.05, 4.69) is 35.1 Å². The van der Waals surface area contributed by atoms with Crippen LogP contribution in [0, 0.1) is 5.92 Å². The first-order valence-electron chi connectivity index (χ1n) is 6.75. The first-order valence-corrected chi connectivity index (χ1v) is 7.54. The number of halogens is 1. The first-order chi connectivity index (χ1) is 9.01. The summed E-state index contributed by atoms with van der Waals surface area (Å²) in [7, 11) is 0. The number of carbonyl (C=O) groups excluding carboxylic acids is 1. The Hall–Kier alpha value is -0.870. The largest absolute Gasteiger partial charge is 0.352 e. The van der Waals surface area contributed by atoms with Gasteiger partial charge in [-0.2, -0.15) is 0 Å². The Morgan fingerprint density at radius 3 is 2.74 bits per heavy atom. The summed E-state index contributed by atoms with van der Waals surface area (Å²) in [6.07, 6.45) is 2.19. The molecule has 3 nitrogen and oxygen atoms in total. The highest BCUT2D eigenvalue weighted by atomic mass is 79.9. The summed E-state index contributed by atoms with van der Waals surface area (Å²) in [4.78, 5) is 11.9. The number of amides is 1. The smallest absolute Gasteiger partial charge is 0.220 e. The van der Waals surface area contributed by atoms with Crippen molar-refractivity contribution >= 4 is 21.8 Å². The molecular formula is C15H23BrN2O. The molecule has 0 fully saturated rings. The molecule has 1 amide bonds. The van der Waals surface area contributed by atoms with Crippen molar-refractivity contribution in [1.29, 1.82) is 0 Å². The fraction of sp³-hybridized carbons (Fsp3) is 0.533. The fourth-order valence-corrected chi connectivity index (χ4v) is 2.48. The van der Waals surface area contributed by atoms with Gasteiger partial charge in [0.15, 0.2) is 0 Å². The summed E-state index contributed by atoms with van der Waals surface area (Å²) < 4.78 is 1.05. The predicted molar refractivity (Wildman–Crippen MR) is 82.9 cm³/mol. The Balaban J connectivity index is 2.38. The van der Waals surface area contributed by atoms with Gasteiger partial charge in [-0.15, -0.1) is 0 Å². The second-order valence-electron chi connectivity index (χ2n) is 5.26. The number of rotatable bonds is 7. The van der Waals surface area contributed by atoms with E-state index in [1.165, 1.54) is 0 Å². The lowest BCUT2D eigenvalue weighted by atomic mass is 10.0. The standard InChI is InChI=1S/C15H23BrN2O/c1-11(2)8-14(10-17)18-15(19)7-6-12-4-3-5-13(16)9-12/h3-5,9,11,14H,6-8,10,17H2,1-2H3,(H,18,19). The van der Waals surface area contributed by atoms with Gasteiger partial charge in [-0.1, -0.05) is 41.9 Å². The molecule has 3 N–H and O–H groups in total. The molecule has 0 saturated carbocycles. The third kappa shape index (κ3) is 6.73. The third-order valence-electron chi connectivity index (χ3n) is 2.94. The highest BCUT2D eigenvalue weighted by molar-refractivity contribution is 9.10. The lowest BCUT2D eigenvalue weighted by Crippen LogP contribution is -2.41. The quantitative estimate of drug-likeness (QED) is 0.809. The molecule has 0 heterocycles. The number of hydrogen-bond acceptors (Lipinski definition) is 2. The van der Waals surface area contributed by atoms with Crippen LogP contribution >= 0.6 is 15.9 Å². The van der Waals surface area contributed by atoms with E-state index in [4.69, 9.17) is 5.73 Å². The Kier molecular flexibility index (Phi) is 7.10. The van der Waals surface area contributed by atoms with Crippen molar-refractivity contribution in [2.24, 2.45) is 11.7 Å². The maximum Gasteiger partial charge on any atom is 0.220 e. The van der Waals surface area contributed by atoms with E-state index in [0.29, 0.717) is 18.9 Å². The minimum absolute atomic E-state index is 0.0797.